The summed E-state index contributed by atoms with van der Waals surface area (Å²) in [4.78, 5) is 14.1. The van der Waals surface area contributed by atoms with E-state index in [0.29, 0.717) is 0 Å². The molecule has 234 valence electrons. The third kappa shape index (κ3) is 4.76. The van der Waals surface area contributed by atoms with Crippen LogP contribution in [0.2, 0.25) is 0 Å². The van der Waals surface area contributed by atoms with Gasteiger partial charge in [-0.2, -0.15) is 0 Å². The lowest BCUT2D eigenvalue weighted by Crippen LogP contribution is -2.17. The molecule has 6 aromatic carbocycles. The molecule has 0 atom stereocenters. The van der Waals surface area contributed by atoms with E-state index in [1.807, 2.05) is 36.7 Å². The molecule has 9 rings (SSSR count). The summed E-state index contributed by atoms with van der Waals surface area (Å²) in [5, 5.41) is 4.87. The summed E-state index contributed by atoms with van der Waals surface area (Å²) in [6, 6.07) is 56.0. The van der Waals surface area contributed by atoms with Gasteiger partial charge in [-0.3, -0.25) is 9.80 Å². The van der Waals surface area contributed by atoms with Crippen LogP contribution in [0, 0.1) is 0 Å². The van der Waals surface area contributed by atoms with E-state index in [1.165, 1.54) is 43.8 Å². The van der Waals surface area contributed by atoms with E-state index in [4.69, 9.17) is 9.97 Å². The predicted molar refractivity (Wildman–Crippen MR) is 204 cm³/mol. The van der Waals surface area contributed by atoms with E-state index in [0.717, 1.165) is 34.4 Å². The zero-order valence-corrected chi connectivity index (χ0v) is 27.5. The molecule has 0 saturated carbocycles. The topological polar surface area (TPSA) is 32.3 Å². The Bertz CT molecular complexity index is 2380. The fraction of sp³-hybridized carbons (Fsp3) is 0.0667. The van der Waals surface area contributed by atoms with Crippen molar-refractivity contribution in [1.29, 1.82) is 0 Å². The van der Waals surface area contributed by atoms with Gasteiger partial charge in [0.05, 0.1) is 5.69 Å². The maximum atomic E-state index is 4.83. The van der Waals surface area contributed by atoms with E-state index in [1.54, 1.807) is 0 Å². The van der Waals surface area contributed by atoms with Gasteiger partial charge in [0.1, 0.15) is 11.6 Å². The highest BCUT2D eigenvalue weighted by atomic mass is 15.2. The van der Waals surface area contributed by atoms with Crippen LogP contribution in [0.25, 0.3) is 32.7 Å². The Kier molecular flexibility index (Phi) is 6.77. The van der Waals surface area contributed by atoms with Gasteiger partial charge < -0.3 is 0 Å². The quantitative estimate of drug-likeness (QED) is 0.183. The first-order valence-corrected chi connectivity index (χ1v) is 16.8. The van der Waals surface area contributed by atoms with Crippen LogP contribution in [0.5, 0.6) is 0 Å². The Morgan fingerprint density at radius 2 is 1.04 bits per heavy atom. The van der Waals surface area contributed by atoms with Crippen molar-refractivity contribution in [3.05, 3.63) is 181 Å². The van der Waals surface area contributed by atoms with Crippen molar-refractivity contribution in [3.8, 4) is 11.1 Å². The highest BCUT2D eigenvalue weighted by Crippen LogP contribution is 2.55. The fourth-order valence-corrected chi connectivity index (χ4v) is 7.55. The molecule has 0 fully saturated rings. The van der Waals surface area contributed by atoms with Crippen molar-refractivity contribution >= 4 is 55.9 Å². The molecule has 2 heterocycles. The van der Waals surface area contributed by atoms with E-state index < -0.39 is 0 Å². The SMILES string of the molecule is CC1(C)c2cc3cc(N(c4ccccc4)c4ccccn4)ccc3cc2-c2c1cc(N(c1ccccc1)c1ccccn1)c1ccccc21. The summed E-state index contributed by atoms with van der Waals surface area (Å²) in [7, 11) is 0. The van der Waals surface area contributed by atoms with Gasteiger partial charge in [-0.25, -0.2) is 9.97 Å². The summed E-state index contributed by atoms with van der Waals surface area (Å²) in [5.41, 5.74) is 9.40. The largest absolute Gasteiger partial charge is 0.295 e. The van der Waals surface area contributed by atoms with Gasteiger partial charge in [0.15, 0.2) is 0 Å². The van der Waals surface area contributed by atoms with Crippen molar-refractivity contribution in [1.82, 2.24) is 9.97 Å². The predicted octanol–water partition coefficient (Wildman–Crippen LogP) is 12.0. The number of pyridine rings is 2. The monoisotopic (exact) mass is 630 g/mol. The Hall–Kier alpha value is -6.26. The highest BCUT2D eigenvalue weighted by Gasteiger charge is 2.38. The molecule has 0 aliphatic heterocycles. The van der Waals surface area contributed by atoms with E-state index in [9.17, 15) is 0 Å². The number of para-hydroxylation sites is 2. The number of fused-ring (bicyclic) bond motifs is 6. The average Bonchev–Trinajstić information content (AvgIpc) is 3.37. The number of hydrogen-bond acceptors (Lipinski definition) is 4. The van der Waals surface area contributed by atoms with Gasteiger partial charge in [0, 0.05) is 40.3 Å². The lowest BCUT2D eigenvalue weighted by atomic mass is 9.81. The number of rotatable bonds is 6. The van der Waals surface area contributed by atoms with Crippen LogP contribution in [-0.2, 0) is 5.41 Å². The third-order valence-electron chi connectivity index (χ3n) is 9.88. The van der Waals surface area contributed by atoms with Gasteiger partial charge in [0.25, 0.3) is 0 Å². The zero-order chi connectivity index (χ0) is 33.0. The van der Waals surface area contributed by atoms with Gasteiger partial charge in [-0.05, 0) is 117 Å². The highest BCUT2D eigenvalue weighted by molar-refractivity contribution is 6.11. The number of anilines is 6. The van der Waals surface area contributed by atoms with Gasteiger partial charge in [-0.1, -0.05) is 92.7 Å². The molecule has 4 nitrogen and oxygen atoms in total. The second kappa shape index (κ2) is 11.5. The lowest BCUT2D eigenvalue weighted by Gasteiger charge is -2.29. The van der Waals surface area contributed by atoms with Crippen molar-refractivity contribution < 1.29 is 0 Å². The Morgan fingerprint density at radius 3 is 1.69 bits per heavy atom. The maximum Gasteiger partial charge on any atom is 0.137 e. The summed E-state index contributed by atoms with van der Waals surface area (Å²) >= 11 is 0. The molecular weight excluding hydrogens is 597 g/mol. The Balaban J connectivity index is 1.24. The second-order valence-electron chi connectivity index (χ2n) is 13.1. The van der Waals surface area contributed by atoms with Crippen LogP contribution in [0.3, 0.4) is 0 Å². The molecule has 2 aromatic heterocycles. The lowest BCUT2D eigenvalue weighted by molar-refractivity contribution is 0.661. The van der Waals surface area contributed by atoms with Crippen LogP contribution in [-0.4, -0.2) is 9.97 Å². The molecule has 1 aliphatic rings. The molecule has 8 aromatic rings. The molecular formula is C45H34N4. The molecule has 4 heteroatoms. The smallest absolute Gasteiger partial charge is 0.137 e. The minimum Gasteiger partial charge on any atom is -0.295 e. The number of nitrogens with zero attached hydrogens (tertiary/aromatic N) is 4. The van der Waals surface area contributed by atoms with Crippen molar-refractivity contribution in [2.75, 3.05) is 9.80 Å². The van der Waals surface area contributed by atoms with Crippen LogP contribution in [0.1, 0.15) is 25.0 Å². The third-order valence-corrected chi connectivity index (χ3v) is 9.88. The van der Waals surface area contributed by atoms with Gasteiger partial charge in [0.2, 0.25) is 0 Å². The number of aromatic nitrogens is 2. The first-order chi connectivity index (χ1) is 24.1. The number of benzene rings is 6. The maximum absolute atomic E-state index is 4.83. The van der Waals surface area contributed by atoms with Crippen molar-refractivity contribution in [2.45, 2.75) is 19.3 Å². The molecule has 0 N–H and O–H groups in total. The Morgan fingerprint density at radius 1 is 0.449 bits per heavy atom. The van der Waals surface area contributed by atoms with Crippen molar-refractivity contribution in [2.24, 2.45) is 0 Å². The molecule has 0 radical (unpaired) electrons. The second-order valence-corrected chi connectivity index (χ2v) is 13.1. The summed E-state index contributed by atoms with van der Waals surface area (Å²) in [6.45, 7) is 4.73. The molecule has 0 saturated heterocycles. The van der Waals surface area contributed by atoms with E-state index in [-0.39, 0.29) is 5.41 Å². The molecule has 49 heavy (non-hydrogen) atoms. The molecule has 0 bridgehead atoms. The number of hydrogen-bond donors (Lipinski definition) is 0. The first-order valence-electron chi connectivity index (χ1n) is 16.8. The standard InChI is InChI=1S/C45H34N4/c1-45(2)39-29-32-27-35(48(33-15-5-3-6-16-33)42-21-11-13-25-46-42)24-23-31(32)28-38(39)44-37-20-10-9-19-36(37)41(30-40(44)45)49(34-17-7-4-8-18-34)43-22-12-14-26-47-43/h3-30H,1-2H3. The zero-order valence-electron chi connectivity index (χ0n) is 27.5. The van der Waals surface area contributed by atoms with Gasteiger partial charge in [-0.15, -0.1) is 0 Å². The summed E-state index contributed by atoms with van der Waals surface area (Å²) in [5.74, 6) is 1.78. The van der Waals surface area contributed by atoms with Crippen LogP contribution in [0.15, 0.2) is 170 Å². The summed E-state index contributed by atoms with van der Waals surface area (Å²) in [6.07, 6.45) is 3.72. The van der Waals surface area contributed by atoms with Crippen molar-refractivity contribution in [3.63, 3.8) is 0 Å². The first kappa shape index (κ1) is 28.9. The van der Waals surface area contributed by atoms with Crippen LogP contribution in [0.4, 0.5) is 34.4 Å². The van der Waals surface area contributed by atoms with Crippen LogP contribution >= 0.6 is 0 Å². The molecule has 1 aliphatic carbocycles. The average molecular weight is 631 g/mol. The molecule has 0 amide bonds. The van der Waals surface area contributed by atoms with Gasteiger partial charge >= 0.3 is 0 Å². The molecule has 0 unspecified atom stereocenters. The normalized spacial score (nSPS) is 12.9. The summed E-state index contributed by atoms with van der Waals surface area (Å²) < 4.78 is 0. The van der Waals surface area contributed by atoms with E-state index in [2.05, 4.69) is 157 Å². The fourth-order valence-electron chi connectivity index (χ4n) is 7.55. The van der Waals surface area contributed by atoms with Crippen LogP contribution < -0.4 is 9.80 Å². The van der Waals surface area contributed by atoms with E-state index >= 15 is 0 Å². The molecule has 0 spiro atoms. The minimum absolute atomic E-state index is 0.236. The minimum atomic E-state index is -0.236. The Labute approximate surface area is 286 Å².